The molecule has 0 aromatic heterocycles. The summed E-state index contributed by atoms with van der Waals surface area (Å²) in [5.74, 6) is -3.41. The highest BCUT2D eigenvalue weighted by molar-refractivity contribution is 5.33. The van der Waals surface area contributed by atoms with Gasteiger partial charge in [-0.2, -0.15) is 8.78 Å². The van der Waals surface area contributed by atoms with Crippen LogP contribution in [-0.2, 0) is 9.47 Å². The Morgan fingerprint density at radius 2 is 1.44 bits per heavy atom. The normalized spacial score (nSPS) is 28.1. The van der Waals surface area contributed by atoms with Crippen molar-refractivity contribution in [1.82, 2.24) is 0 Å². The standard InChI is InChI=1S/C34H41F7O4/c1-2-3-4-21-5-7-22(8-6-21)25-19-42-32(43-20-25)24-11-15-28(29(35)17-24)23-9-12-26(13-10-23)33(37,38)44-27-14-16-31(30(36)18-27)45-34(39,40)41/h11,14-18,21-23,25-26,32H,2-10,12-13,19-20H2,1H3. The van der Waals surface area contributed by atoms with Gasteiger partial charge in [0, 0.05) is 17.5 Å². The maximum atomic E-state index is 15.3. The molecule has 45 heavy (non-hydrogen) atoms. The van der Waals surface area contributed by atoms with Gasteiger partial charge in [0.05, 0.1) is 19.1 Å². The van der Waals surface area contributed by atoms with Crippen molar-refractivity contribution in [3.05, 3.63) is 59.2 Å². The van der Waals surface area contributed by atoms with Gasteiger partial charge in [-0.3, -0.25) is 0 Å². The molecule has 0 atom stereocenters. The quantitative estimate of drug-likeness (QED) is 0.241. The Morgan fingerprint density at radius 1 is 0.756 bits per heavy atom. The van der Waals surface area contributed by atoms with E-state index in [1.54, 1.807) is 12.1 Å². The molecule has 0 spiro atoms. The van der Waals surface area contributed by atoms with E-state index in [4.69, 9.17) is 14.2 Å². The van der Waals surface area contributed by atoms with Crippen molar-refractivity contribution in [1.29, 1.82) is 0 Å². The molecule has 2 aromatic rings. The van der Waals surface area contributed by atoms with Gasteiger partial charge in [-0.1, -0.05) is 51.2 Å². The minimum Gasteiger partial charge on any atom is -0.432 e. The number of halogens is 7. The van der Waals surface area contributed by atoms with Gasteiger partial charge in [0.25, 0.3) is 0 Å². The first-order chi connectivity index (χ1) is 21.4. The van der Waals surface area contributed by atoms with Gasteiger partial charge < -0.3 is 18.9 Å². The van der Waals surface area contributed by atoms with Crippen LogP contribution in [-0.4, -0.2) is 25.7 Å². The second kappa shape index (κ2) is 14.5. The topological polar surface area (TPSA) is 36.9 Å². The molecule has 3 aliphatic rings. The van der Waals surface area contributed by atoms with E-state index >= 15 is 4.39 Å². The molecule has 1 heterocycles. The van der Waals surface area contributed by atoms with Crippen LogP contribution in [0.2, 0.25) is 0 Å². The average molecular weight is 647 g/mol. The van der Waals surface area contributed by atoms with Gasteiger partial charge in [0.15, 0.2) is 17.9 Å². The molecule has 11 heteroatoms. The van der Waals surface area contributed by atoms with Crippen LogP contribution in [0.5, 0.6) is 11.5 Å². The van der Waals surface area contributed by atoms with Crippen LogP contribution in [0.15, 0.2) is 36.4 Å². The van der Waals surface area contributed by atoms with Crippen LogP contribution in [0.1, 0.15) is 101 Å². The maximum absolute atomic E-state index is 15.3. The molecule has 0 amide bonds. The molecule has 2 saturated carbocycles. The number of rotatable bonds is 10. The Morgan fingerprint density at radius 3 is 2.04 bits per heavy atom. The molecular weight excluding hydrogens is 605 g/mol. The summed E-state index contributed by atoms with van der Waals surface area (Å²) in [5.41, 5.74) is 1.03. The first-order valence-electron chi connectivity index (χ1n) is 16.1. The van der Waals surface area contributed by atoms with Crippen LogP contribution in [0.4, 0.5) is 30.7 Å². The Labute approximate surface area is 259 Å². The molecule has 0 unspecified atom stereocenters. The lowest BCUT2D eigenvalue weighted by Gasteiger charge is -2.38. The first-order valence-corrected chi connectivity index (χ1v) is 16.1. The van der Waals surface area contributed by atoms with Gasteiger partial charge in [-0.25, -0.2) is 8.78 Å². The Balaban J connectivity index is 1.10. The van der Waals surface area contributed by atoms with Crippen LogP contribution in [0.25, 0.3) is 0 Å². The van der Waals surface area contributed by atoms with Gasteiger partial charge in [0.2, 0.25) is 0 Å². The number of hydrogen-bond acceptors (Lipinski definition) is 4. The van der Waals surface area contributed by atoms with Crippen molar-refractivity contribution in [2.45, 2.75) is 102 Å². The highest BCUT2D eigenvalue weighted by Gasteiger charge is 2.45. The lowest BCUT2D eigenvalue weighted by Crippen LogP contribution is -2.37. The summed E-state index contributed by atoms with van der Waals surface area (Å²) in [7, 11) is 0. The highest BCUT2D eigenvalue weighted by atomic mass is 19.4. The largest absolute Gasteiger partial charge is 0.573 e. The number of unbranched alkanes of at least 4 members (excludes halogenated alkanes) is 1. The van der Waals surface area contributed by atoms with E-state index in [2.05, 4.69) is 11.7 Å². The Kier molecular flexibility index (Phi) is 10.9. The summed E-state index contributed by atoms with van der Waals surface area (Å²) in [6, 6.07) is 6.65. The van der Waals surface area contributed by atoms with Gasteiger partial charge in [-0.05, 0) is 80.0 Å². The van der Waals surface area contributed by atoms with E-state index in [9.17, 15) is 26.3 Å². The fourth-order valence-corrected chi connectivity index (χ4v) is 7.18. The third-order valence-electron chi connectivity index (χ3n) is 9.77. The Hall–Kier alpha value is -2.53. The molecule has 250 valence electrons. The van der Waals surface area contributed by atoms with Crippen molar-refractivity contribution in [3.8, 4) is 11.5 Å². The molecule has 2 aliphatic carbocycles. The fourth-order valence-electron chi connectivity index (χ4n) is 7.18. The highest BCUT2D eigenvalue weighted by Crippen LogP contribution is 2.45. The van der Waals surface area contributed by atoms with Crippen LogP contribution in [0.3, 0.4) is 0 Å². The number of benzene rings is 2. The summed E-state index contributed by atoms with van der Waals surface area (Å²) < 4.78 is 116. The third kappa shape index (κ3) is 8.84. The zero-order valence-electron chi connectivity index (χ0n) is 25.4. The molecule has 0 N–H and O–H groups in total. The number of ether oxygens (including phenoxy) is 4. The molecule has 5 rings (SSSR count). The van der Waals surface area contributed by atoms with Gasteiger partial charge in [-0.15, -0.1) is 13.2 Å². The Bertz CT molecular complexity index is 1250. The predicted octanol–water partition coefficient (Wildman–Crippen LogP) is 10.5. The van der Waals surface area contributed by atoms with Crippen molar-refractivity contribution in [3.63, 3.8) is 0 Å². The summed E-state index contributed by atoms with van der Waals surface area (Å²) in [6.45, 7) is 3.39. The summed E-state index contributed by atoms with van der Waals surface area (Å²) in [5, 5.41) is 0. The van der Waals surface area contributed by atoms with E-state index in [0.717, 1.165) is 12.0 Å². The van der Waals surface area contributed by atoms with Crippen molar-refractivity contribution in [2.24, 2.45) is 23.7 Å². The molecule has 4 nitrogen and oxygen atoms in total. The molecule has 2 aromatic carbocycles. The molecule has 0 bridgehead atoms. The predicted molar refractivity (Wildman–Crippen MR) is 153 cm³/mol. The molecule has 0 radical (unpaired) electrons. The summed E-state index contributed by atoms with van der Waals surface area (Å²) in [6.07, 6.45) is -0.0721. The summed E-state index contributed by atoms with van der Waals surface area (Å²) in [4.78, 5) is 0. The molecule has 3 fully saturated rings. The van der Waals surface area contributed by atoms with Crippen molar-refractivity contribution >= 4 is 0 Å². The first kappa shape index (κ1) is 33.8. The van der Waals surface area contributed by atoms with Crippen molar-refractivity contribution < 1.29 is 49.7 Å². The minimum atomic E-state index is -5.13. The van der Waals surface area contributed by atoms with Gasteiger partial charge >= 0.3 is 12.5 Å². The lowest BCUT2D eigenvalue weighted by molar-refractivity contribution is -0.275. The second-order valence-electron chi connectivity index (χ2n) is 12.8. The molecular formula is C34H41F7O4. The zero-order valence-corrected chi connectivity index (χ0v) is 25.4. The number of alkyl halides is 5. The number of hydrogen-bond donors (Lipinski definition) is 0. The van der Waals surface area contributed by atoms with Crippen LogP contribution < -0.4 is 9.47 Å². The second-order valence-corrected chi connectivity index (χ2v) is 12.8. The minimum absolute atomic E-state index is 0.0212. The molecule has 1 aliphatic heterocycles. The lowest BCUT2D eigenvalue weighted by atomic mass is 9.74. The zero-order chi connectivity index (χ0) is 32.2. The monoisotopic (exact) mass is 646 g/mol. The van der Waals surface area contributed by atoms with Crippen LogP contribution >= 0.6 is 0 Å². The van der Waals surface area contributed by atoms with E-state index < -0.39 is 47.8 Å². The van der Waals surface area contributed by atoms with E-state index in [-0.39, 0.29) is 31.6 Å². The summed E-state index contributed by atoms with van der Waals surface area (Å²) >= 11 is 0. The average Bonchev–Trinajstić information content (AvgIpc) is 3.01. The molecule has 1 saturated heterocycles. The SMILES string of the molecule is CCCCC1CCC(C2COC(c3ccc(C4CCC(C(F)(F)Oc5ccc(OC(F)(F)F)c(F)c5)CC4)c(F)c3)OC2)CC1. The van der Waals surface area contributed by atoms with E-state index in [1.165, 1.54) is 51.0 Å². The van der Waals surface area contributed by atoms with Gasteiger partial charge in [0.1, 0.15) is 11.6 Å². The van der Waals surface area contributed by atoms with E-state index in [0.29, 0.717) is 48.3 Å². The van der Waals surface area contributed by atoms with Crippen LogP contribution in [0, 0.1) is 35.3 Å². The fraction of sp³-hybridized carbons (Fsp3) is 0.647. The van der Waals surface area contributed by atoms with Crippen molar-refractivity contribution in [2.75, 3.05) is 13.2 Å². The third-order valence-corrected chi connectivity index (χ3v) is 9.77. The van der Waals surface area contributed by atoms with E-state index in [1.807, 2.05) is 0 Å². The smallest absolute Gasteiger partial charge is 0.432 e. The maximum Gasteiger partial charge on any atom is 0.573 e.